The fourth-order valence-corrected chi connectivity index (χ4v) is 1.68. The van der Waals surface area contributed by atoms with Crippen LogP contribution in [-0.4, -0.2) is 35.1 Å². The molecular weight excluding hydrogens is 260 g/mol. The van der Waals surface area contributed by atoms with Crippen LogP contribution in [0.5, 0.6) is 11.5 Å². The molecule has 6 nitrogen and oxygen atoms in total. The maximum absolute atomic E-state index is 8.77. The van der Waals surface area contributed by atoms with Gasteiger partial charge in [-0.2, -0.15) is 0 Å². The third-order valence-corrected chi connectivity index (χ3v) is 2.56. The van der Waals surface area contributed by atoms with E-state index in [4.69, 9.17) is 19.0 Å². The van der Waals surface area contributed by atoms with E-state index in [1.54, 1.807) is 0 Å². The van der Waals surface area contributed by atoms with E-state index in [1.165, 1.54) is 0 Å². The zero-order chi connectivity index (χ0) is 14.2. The first-order chi connectivity index (χ1) is 9.83. The molecule has 2 aromatic rings. The van der Waals surface area contributed by atoms with Crippen LogP contribution in [0.15, 0.2) is 28.7 Å². The molecule has 0 fully saturated rings. The largest absolute Gasteiger partial charge is 0.490 e. The molecular formula is C14H18N2O4. The molecule has 0 amide bonds. The third-order valence-electron chi connectivity index (χ3n) is 2.56. The number of rotatable bonds is 8. The first-order valence-corrected chi connectivity index (χ1v) is 6.60. The molecule has 108 valence electrons. The minimum absolute atomic E-state index is 0.000134. The van der Waals surface area contributed by atoms with E-state index in [9.17, 15) is 0 Å². The molecule has 2 rings (SSSR count). The van der Waals surface area contributed by atoms with Gasteiger partial charge in [0.25, 0.3) is 0 Å². The van der Waals surface area contributed by atoms with Crippen LogP contribution in [-0.2, 0) is 12.8 Å². The Bertz CT molecular complexity index is 527. The van der Waals surface area contributed by atoms with Crippen molar-refractivity contribution in [1.29, 1.82) is 0 Å². The molecule has 0 atom stereocenters. The van der Waals surface area contributed by atoms with Gasteiger partial charge in [-0.15, -0.1) is 10.2 Å². The van der Waals surface area contributed by atoms with E-state index in [1.807, 2.05) is 31.2 Å². The van der Waals surface area contributed by atoms with E-state index in [-0.39, 0.29) is 6.61 Å². The van der Waals surface area contributed by atoms with Gasteiger partial charge < -0.3 is 19.0 Å². The standard InChI is InChI=1S/C14H18N2O4/c1-2-18-11-5-3-4-6-12(11)19-10-8-14-16-15-13(20-14)7-9-17/h3-6,17H,2,7-10H2,1H3. The van der Waals surface area contributed by atoms with E-state index in [2.05, 4.69) is 10.2 Å². The molecule has 0 radical (unpaired) electrons. The Morgan fingerprint density at radius 3 is 2.35 bits per heavy atom. The molecule has 6 heteroatoms. The molecule has 0 spiro atoms. The second kappa shape index (κ2) is 7.49. The van der Waals surface area contributed by atoms with Crippen LogP contribution >= 0.6 is 0 Å². The highest BCUT2D eigenvalue weighted by Crippen LogP contribution is 2.26. The molecule has 20 heavy (non-hydrogen) atoms. The van der Waals surface area contributed by atoms with Crippen molar-refractivity contribution in [2.45, 2.75) is 19.8 Å². The summed E-state index contributed by atoms with van der Waals surface area (Å²) in [7, 11) is 0. The van der Waals surface area contributed by atoms with Crippen molar-refractivity contribution in [3.8, 4) is 11.5 Å². The van der Waals surface area contributed by atoms with Crippen LogP contribution in [0.1, 0.15) is 18.7 Å². The number of nitrogens with zero attached hydrogens (tertiary/aromatic N) is 2. The highest BCUT2D eigenvalue weighted by atomic mass is 16.5. The van der Waals surface area contributed by atoms with Crippen LogP contribution < -0.4 is 9.47 Å². The molecule has 0 aliphatic carbocycles. The van der Waals surface area contributed by atoms with E-state index >= 15 is 0 Å². The number of ether oxygens (including phenoxy) is 2. The lowest BCUT2D eigenvalue weighted by atomic mass is 10.3. The van der Waals surface area contributed by atoms with Crippen molar-refractivity contribution in [3.63, 3.8) is 0 Å². The SMILES string of the molecule is CCOc1ccccc1OCCc1nnc(CCO)o1. The smallest absolute Gasteiger partial charge is 0.219 e. The Hall–Kier alpha value is -2.08. The first kappa shape index (κ1) is 14.3. The summed E-state index contributed by atoms with van der Waals surface area (Å²) in [5, 5.41) is 16.5. The molecule has 0 bridgehead atoms. The van der Waals surface area contributed by atoms with E-state index < -0.39 is 0 Å². The molecule has 0 saturated heterocycles. The summed E-state index contributed by atoms with van der Waals surface area (Å²) in [5.74, 6) is 2.37. The highest BCUT2D eigenvalue weighted by Gasteiger charge is 2.07. The van der Waals surface area contributed by atoms with Crippen LogP contribution in [0.2, 0.25) is 0 Å². The van der Waals surface area contributed by atoms with Crippen LogP contribution in [0.4, 0.5) is 0 Å². The Kier molecular flexibility index (Phi) is 5.37. The van der Waals surface area contributed by atoms with E-state index in [0.717, 1.165) is 5.75 Å². The van der Waals surface area contributed by atoms with E-state index in [0.29, 0.717) is 43.6 Å². The van der Waals surface area contributed by atoms with Crippen molar-refractivity contribution in [2.75, 3.05) is 19.8 Å². The monoisotopic (exact) mass is 278 g/mol. The van der Waals surface area contributed by atoms with Gasteiger partial charge >= 0.3 is 0 Å². The van der Waals surface area contributed by atoms with Gasteiger partial charge in [0, 0.05) is 6.42 Å². The van der Waals surface area contributed by atoms with Gasteiger partial charge in [-0.1, -0.05) is 12.1 Å². The fourth-order valence-electron chi connectivity index (χ4n) is 1.68. The van der Waals surface area contributed by atoms with Crippen molar-refractivity contribution < 1.29 is 19.0 Å². The number of aromatic nitrogens is 2. The van der Waals surface area contributed by atoms with Gasteiger partial charge in [0.1, 0.15) is 0 Å². The topological polar surface area (TPSA) is 77.6 Å². The number of hydrogen-bond donors (Lipinski definition) is 1. The number of aliphatic hydroxyl groups is 1. The third kappa shape index (κ3) is 3.96. The number of hydrogen-bond acceptors (Lipinski definition) is 6. The molecule has 1 aromatic carbocycles. The van der Waals surface area contributed by atoms with Crippen LogP contribution in [0.3, 0.4) is 0 Å². The molecule has 1 N–H and O–H groups in total. The average molecular weight is 278 g/mol. The lowest BCUT2D eigenvalue weighted by Crippen LogP contribution is -2.03. The predicted octanol–water partition coefficient (Wildman–Crippen LogP) is 1.62. The van der Waals surface area contributed by atoms with Crippen LogP contribution in [0.25, 0.3) is 0 Å². The zero-order valence-corrected chi connectivity index (χ0v) is 11.4. The van der Waals surface area contributed by atoms with Gasteiger partial charge in [0.05, 0.1) is 26.2 Å². The molecule has 0 aliphatic heterocycles. The summed E-state index contributed by atoms with van der Waals surface area (Å²) >= 11 is 0. The quantitative estimate of drug-likeness (QED) is 0.790. The Morgan fingerprint density at radius 1 is 1.05 bits per heavy atom. The summed E-state index contributed by atoms with van der Waals surface area (Å²) in [5.41, 5.74) is 0. The first-order valence-electron chi connectivity index (χ1n) is 6.60. The van der Waals surface area contributed by atoms with Gasteiger partial charge in [-0.25, -0.2) is 0 Å². The minimum atomic E-state index is -0.000134. The molecule has 0 unspecified atom stereocenters. The highest BCUT2D eigenvalue weighted by molar-refractivity contribution is 5.39. The molecule has 1 aromatic heterocycles. The van der Waals surface area contributed by atoms with Gasteiger partial charge in [-0.3, -0.25) is 0 Å². The fraction of sp³-hybridized carbons (Fsp3) is 0.429. The summed E-state index contributed by atoms with van der Waals surface area (Å²) in [6, 6.07) is 7.52. The lowest BCUT2D eigenvalue weighted by Gasteiger charge is -2.10. The maximum atomic E-state index is 8.77. The minimum Gasteiger partial charge on any atom is -0.490 e. The summed E-state index contributed by atoms with van der Waals surface area (Å²) < 4.78 is 16.5. The normalized spacial score (nSPS) is 10.5. The maximum Gasteiger partial charge on any atom is 0.219 e. The summed E-state index contributed by atoms with van der Waals surface area (Å²) in [4.78, 5) is 0. The molecule has 0 aliphatic rings. The van der Waals surface area contributed by atoms with Gasteiger partial charge in [0.15, 0.2) is 11.5 Å². The number of aliphatic hydroxyl groups excluding tert-OH is 1. The zero-order valence-electron chi connectivity index (χ0n) is 11.4. The van der Waals surface area contributed by atoms with Crippen molar-refractivity contribution >= 4 is 0 Å². The second-order valence-electron chi connectivity index (χ2n) is 4.04. The Labute approximate surface area is 117 Å². The summed E-state index contributed by atoms with van der Waals surface area (Å²) in [6.07, 6.45) is 0.889. The molecule has 0 saturated carbocycles. The Balaban J connectivity index is 1.85. The Morgan fingerprint density at radius 2 is 1.70 bits per heavy atom. The van der Waals surface area contributed by atoms with Crippen LogP contribution in [0, 0.1) is 0 Å². The number of para-hydroxylation sites is 2. The molecule has 1 heterocycles. The second-order valence-corrected chi connectivity index (χ2v) is 4.04. The average Bonchev–Trinajstić information content (AvgIpc) is 2.89. The van der Waals surface area contributed by atoms with Gasteiger partial charge in [-0.05, 0) is 19.1 Å². The summed E-state index contributed by atoms with van der Waals surface area (Å²) in [6.45, 7) is 2.94. The predicted molar refractivity (Wildman–Crippen MR) is 71.9 cm³/mol. The van der Waals surface area contributed by atoms with Crippen molar-refractivity contribution in [1.82, 2.24) is 10.2 Å². The number of benzene rings is 1. The van der Waals surface area contributed by atoms with Crippen molar-refractivity contribution in [3.05, 3.63) is 36.0 Å². The lowest BCUT2D eigenvalue weighted by molar-refractivity contribution is 0.266. The van der Waals surface area contributed by atoms with Crippen molar-refractivity contribution in [2.24, 2.45) is 0 Å². The van der Waals surface area contributed by atoms with Gasteiger partial charge in [0.2, 0.25) is 11.8 Å².